The first-order chi connectivity index (χ1) is 10.9. The number of hydrogen-bond donors (Lipinski definition) is 1. The molecule has 2 rings (SSSR count). The first-order valence-electron chi connectivity index (χ1n) is 7.29. The molecule has 1 atom stereocenters. The van der Waals surface area contributed by atoms with Crippen LogP contribution in [0, 0.1) is 13.8 Å². The number of aryl methyl sites for hydroxylation is 2. The van der Waals surface area contributed by atoms with Crippen LogP contribution < -0.4 is 14.8 Å². The second kappa shape index (κ2) is 7.38. The molecule has 2 aromatic rings. The third kappa shape index (κ3) is 4.39. The van der Waals surface area contributed by atoms with Gasteiger partial charge in [-0.25, -0.2) is 0 Å². The molecule has 1 N–H and O–H groups in total. The molecule has 4 nitrogen and oxygen atoms in total. The molecule has 1 amide bonds. The summed E-state index contributed by atoms with van der Waals surface area (Å²) in [5.41, 5.74) is 2.81. The summed E-state index contributed by atoms with van der Waals surface area (Å²) in [5, 5.41) is 3.29. The van der Waals surface area contributed by atoms with E-state index in [4.69, 9.17) is 21.1 Å². The number of amides is 1. The normalized spacial score (nSPS) is 11.7. The molecule has 2 aromatic carbocycles. The van der Waals surface area contributed by atoms with Crippen LogP contribution >= 0.6 is 11.6 Å². The van der Waals surface area contributed by atoms with Gasteiger partial charge in [-0.1, -0.05) is 17.7 Å². The number of nitrogens with one attached hydrogen (secondary N) is 1. The summed E-state index contributed by atoms with van der Waals surface area (Å²) in [4.78, 5) is 12.3. The summed E-state index contributed by atoms with van der Waals surface area (Å²) in [6.45, 7) is 5.73. The van der Waals surface area contributed by atoms with Gasteiger partial charge in [-0.3, -0.25) is 4.79 Å². The zero-order valence-electron chi connectivity index (χ0n) is 13.6. The van der Waals surface area contributed by atoms with Crippen molar-refractivity contribution >= 4 is 23.2 Å². The molecule has 0 heterocycles. The van der Waals surface area contributed by atoms with Gasteiger partial charge < -0.3 is 14.8 Å². The topological polar surface area (TPSA) is 47.6 Å². The van der Waals surface area contributed by atoms with Crippen LogP contribution in [0.4, 0.5) is 5.69 Å². The summed E-state index contributed by atoms with van der Waals surface area (Å²) in [5.74, 6) is 0.929. The number of benzene rings is 2. The summed E-state index contributed by atoms with van der Waals surface area (Å²) in [6.07, 6.45) is -0.652. The van der Waals surface area contributed by atoms with E-state index in [2.05, 4.69) is 5.32 Å². The van der Waals surface area contributed by atoms with Crippen LogP contribution in [0.5, 0.6) is 11.5 Å². The number of anilines is 1. The molecule has 0 radical (unpaired) electrons. The average molecular weight is 334 g/mol. The van der Waals surface area contributed by atoms with Crippen molar-refractivity contribution in [2.75, 3.05) is 12.4 Å². The Hall–Kier alpha value is -2.20. The van der Waals surface area contributed by atoms with Crippen molar-refractivity contribution in [1.82, 2.24) is 0 Å². The molecular formula is C18H20ClNO3. The molecule has 122 valence electrons. The number of methoxy groups -OCH3 is 1. The molecule has 0 spiro atoms. The summed E-state index contributed by atoms with van der Waals surface area (Å²) in [7, 11) is 1.54. The maximum atomic E-state index is 12.3. The van der Waals surface area contributed by atoms with Crippen LogP contribution in [-0.2, 0) is 4.79 Å². The summed E-state index contributed by atoms with van der Waals surface area (Å²) in [6, 6.07) is 10.8. The van der Waals surface area contributed by atoms with Crippen LogP contribution in [0.2, 0.25) is 5.02 Å². The van der Waals surface area contributed by atoms with Gasteiger partial charge in [0.25, 0.3) is 5.91 Å². The van der Waals surface area contributed by atoms with Gasteiger partial charge >= 0.3 is 0 Å². The van der Waals surface area contributed by atoms with Gasteiger partial charge in [0, 0.05) is 5.02 Å². The van der Waals surface area contributed by atoms with E-state index in [-0.39, 0.29) is 5.91 Å². The SMILES string of the molecule is COc1ccc(Cl)cc1NC(=O)[C@@H](C)Oc1ccc(C)c(C)c1. The Morgan fingerprint density at radius 2 is 1.87 bits per heavy atom. The number of hydrogen-bond acceptors (Lipinski definition) is 3. The highest BCUT2D eigenvalue weighted by molar-refractivity contribution is 6.31. The zero-order chi connectivity index (χ0) is 17.0. The van der Waals surface area contributed by atoms with E-state index in [9.17, 15) is 4.79 Å². The minimum Gasteiger partial charge on any atom is -0.495 e. The van der Waals surface area contributed by atoms with Gasteiger partial charge in [0.05, 0.1) is 12.8 Å². The third-order valence-corrected chi connectivity index (χ3v) is 3.81. The van der Waals surface area contributed by atoms with Gasteiger partial charge in [-0.15, -0.1) is 0 Å². The maximum absolute atomic E-state index is 12.3. The van der Waals surface area contributed by atoms with E-state index in [1.165, 1.54) is 12.7 Å². The molecule has 0 aliphatic carbocycles. The van der Waals surface area contributed by atoms with Crippen molar-refractivity contribution in [3.05, 3.63) is 52.5 Å². The Labute approximate surface area is 141 Å². The maximum Gasteiger partial charge on any atom is 0.265 e. The van der Waals surface area contributed by atoms with Crippen molar-refractivity contribution in [2.45, 2.75) is 26.9 Å². The molecule has 5 heteroatoms. The predicted octanol–water partition coefficient (Wildman–Crippen LogP) is 4.37. The molecule has 0 aliphatic rings. The highest BCUT2D eigenvalue weighted by Crippen LogP contribution is 2.28. The zero-order valence-corrected chi connectivity index (χ0v) is 14.4. The van der Waals surface area contributed by atoms with E-state index < -0.39 is 6.10 Å². The Morgan fingerprint density at radius 3 is 2.52 bits per heavy atom. The van der Waals surface area contributed by atoms with Crippen molar-refractivity contribution in [2.24, 2.45) is 0 Å². The second-order valence-electron chi connectivity index (χ2n) is 5.34. The van der Waals surface area contributed by atoms with Crippen molar-refractivity contribution < 1.29 is 14.3 Å². The van der Waals surface area contributed by atoms with Crippen molar-refractivity contribution in [1.29, 1.82) is 0 Å². The Kier molecular flexibility index (Phi) is 5.50. The number of halogens is 1. The van der Waals surface area contributed by atoms with Crippen LogP contribution in [0.25, 0.3) is 0 Å². The fourth-order valence-corrected chi connectivity index (χ4v) is 2.23. The lowest BCUT2D eigenvalue weighted by molar-refractivity contribution is -0.122. The van der Waals surface area contributed by atoms with Crippen LogP contribution in [0.1, 0.15) is 18.1 Å². The van der Waals surface area contributed by atoms with Gasteiger partial charge in [-0.2, -0.15) is 0 Å². The Balaban J connectivity index is 2.08. The monoisotopic (exact) mass is 333 g/mol. The van der Waals surface area contributed by atoms with Crippen molar-refractivity contribution in [3.63, 3.8) is 0 Å². The van der Waals surface area contributed by atoms with Gasteiger partial charge in [0.2, 0.25) is 0 Å². The van der Waals surface area contributed by atoms with Crippen LogP contribution in [0.3, 0.4) is 0 Å². The van der Waals surface area contributed by atoms with E-state index in [0.717, 1.165) is 5.56 Å². The van der Waals surface area contributed by atoms with Crippen molar-refractivity contribution in [3.8, 4) is 11.5 Å². The molecule has 0 unspecified atom stereocenters. The van der Waals surface area contributed by atoms with Crippen LogP contribution in [0.15, 0.2) is 36.4 Å². The molecule has 0 saturated carbocycles. The van der Waals surface area contributed by atoms with E-state index in [0.29, 0.717) is 22.2 Å². The fourth-order valence-electron chi connectivity index (χ4n) is 2.06. The molecule has 0 bridgehead atoms. The summed E-state index contributed by atoms with van der Waals surface area (Å²) < 4.78 is 10.9. The largest absolute Gasteiger partial charge is 0.495 e. The second-order valence-corrected chi connectivity index (χ2v) is 5.78. The van der Waals surface area contributed by atoms with E-state index >= 15 is 0 Å². The molecule has 0 aromatic heterocycles. The van der Waals surface area contributed by atoms with Crippen LogP contribution in [-0.4, -0.2) is 19.1 Å². The lowest BCUT2D eigenvalue weighted by atomic mass is 10.1. The Bertz CT molecular complexity index is 715. The molecule has 0 aliphatic heterocycles. The van der Waals surface area contributed by atoms with Gasteiger partial charge in [0.15, 0.2) is 6.10 Å². The number of rotatable bonds is 5. The molecule has 0 saturated heterocycles. The molecule has 23 heavy (non-hydrogen) atoms. The number of carbonyl (C=O) groups is 1. The quantitative estimate of drug-likeness (QED) is 0.883. The molecule has 0 fully saturated rings. The van der Waals surface area contributed by atoms with E-state index in [1.807, 2.05) is 32.0 Å². The average Bonchev–Trinajstić information content (AvgIpc) is 2.51. The fraction of sp³-hybridized carbons (Fsp3) is 0.278. The standard InChI is InChI=1S/C18H20ClNO3/c1-11-5-7-15(9-12(11)2)23-13(3)18(21)20-16-10-14(19)6-8-17(16)22-4/h5-10,13H,1-4H3,(H,20,21)/t13-/m1/s1. The van der Waals surface area contributed by atoms with Gasteiger partial charge in [-0.05, 0) is 62.2 Å². The number of ether oxygens (including phenoxy) is 2. The Morgan fingerprint density at radius 1 is 1.13 bits per heavy atom. The first kappa shape index (κ1) is 17.2. The minimum absolute atomic E-state index is 0.274. The highest BCUT2D eigenvalue weighted by Gasteiger charge is 2.17. The lowest BCUT2D eigenvalue weighted by Crippen LogP contribution is -2.30. The van der Waals surface area contributed by atoms with E-state index in [1.54, 1.807) is 25.1 Å². The minimum atomic E-state index is -0.652. The third-order valence-electron chi connectivity index (χ3n) is 3.58. The molecular weight excluding hydrogens is 314 g/mol. The summed E-state index contributed by atoms with van der Waals surface area (Å²) >= 11 is 5.96. The lowest BCUT2D eigenvalue weighted by Gasteiger charge is -2.17. The smallest absolute Gasteiger partial charge is 0.265 e. The number of carbonyl (C=O) groups excluding carboxylic acids is 1. The predicted molar refractivity (Wildman–Crippen MR) is 92.6 cm³/mol. The first-order valence-corrected chi connectivity index (χ1v) is 7.67. The van der Waals surface area contributed by atoms with Gasteiger partial charge in [0.1, 0.15) is 11.5 Å². The highest BCUT2D eigenvalue weighted by atomic mass is 35.5.